The maximum absolute atomic E-state index is 12.4. The van der Waals surface area contributed by atoms with Crippen molar-refractivity contribution in [1.82, 2.24) is 15.0 Å². The van der Waals surface area contributed by atoms with Gasteiger partial charge < -0.3 is 14.3 Å². The van der Waals surface area contributed by atoms with Gasteiger partial charge in [-0.1, -0.05) is 5.16 Å². The predicted molar refractivity (Wildman–Crippen MR) is 73.1 cm³/mol. The summed E-state index contributed by atoms with van der Waals surface area (Å²) in [5, 5.41) is 3.80. The van der Waals surface area contributed by atoms with Crippen molar-refractivity contribution in [2.24, 2.45) is 0 Å². The van der Waals surface area contributed by atoms with Crippen molar-refractivity contribution in [2.45, 2.75) is 38.6 Å². The second kappa shape index (κ2) is 6.19. The Morgan fingerprint density at radius 3 is 2.95 bits per heavy atom. The van der Waals surface area contributed by atoms with Crippen molar-refractivity contribution in [3.05, 3.63) is 17.5 Å². The molecule has 2 heterocycles. The van der Waals surface area contributed by atoms with E-state index in [1.54, 1.807) is 6.07 Å². The van der Waals surface area contributed by atoms with Crippen molar-refractivity contribution >= 4 is 5.91 Å². The second-order valence-electron chi connectivity index (χ2n) is 5.57. The van der Waals surface area contributed by atoms with Crippen LogP contribution in [0.3, 0.4) is 0 Å². The molecular weight excluding hydrogens is 242 g/mol. The maximum Gasteiger partial charge on any atom is 0.292 e. The van der Waals surface area contributed by atoms with Crippen LogP contribution >= 0.6 is 0 Å². The molecule has 0 aromatic carbocycles. The Labute approximate surface area is 114 Å². The summed E-state index contributed by atoms with van der Waals surface area (Å²) >= 11 is 0. The van der Waals surface area contributed by atoms with Crippen molar-refractivity contribution in [3.63, 3.8) is 0 Å². The molecule has 1 aliphatic heterocycles. The van der Waals surface area contributed by atoms with Gasteiger partial charge in [0.2, 0.25) is 5.76 Å². The summed E-state index contributed by atoms with van der Waals surface area (Å²) in [6.07, 6.45) is 4.40. The van der Waals surface area contributed by atoms with Gasteiger partial charge in [-0.15, -0.1) is 0 Å². The van der Waals surface area contributed by atoms with Gasteiger partial charge in [0.05, 0.1) is 5.69 Å². The number of hydrogen-bond acceptors (Lipinski definition) is 4. The molecule has 1 aliphatic rings. The third-order valence-electron chi connectivity index (χ3n) is 3.64. The van der Waals surface area contributed by atoms with Gasteiger partial charge in [0.15, 0.2) is 0 Å². The highest BCUT2D eigenvalue weighted by molar-refractivity contribution is 5.91. The number of rotatable bonds is 4. The van der Waals surface area contributed by atoms with Gasteiger partial charge in [0.25, 0.3) is 5.91 Å². The molecule has 2 rings (SSSR count). The quantitative estimate of drug-likeness (QED) is 0.834. The van der Waals surface area contributed by atoms with E-state index < -0.39 is 0 Å². The lowest BCUT2D eigenvalue weighted by Gasteiger charge is -2.35. The fourth-order valence-corrected chi connectivity index (χ4v) is 2.58. The standard InChI is InChI=1S/C14H23N3O2/c1-11-10-13(19-15-11)14(18)17-8-5-4-6-12(17)7-9-16(2)3/h10,12H,4-9H2,1-3H3/t12-/m0/s1. The molecule has 106 valence electrons. The molecule has 0 saturated carbocycles. The lowest BCUT2D eigenvalue weighted by molar-refractivity contribution is 0.0549. The Morgan fingerprint density at radius 1 is 1.53 bits per heavy atom. The molecule has 1 aromatic rings. The summed E-state index contributed by atoms with van der Waals surface area (Å²) in [7, 11) is 4.13. The minimum atomic E-state index is -0.0101. The summed E-state index contributed by atoms with van der Waals surface area (Å²) in [6.45, 7) is 3.67. The molecule has 0 N–H and O–H groups in total. The summed E-state index contributed by atoms with van der Waals surface area (Å²) in [4.78, 5) is 16.6. The molecule has 0 bridgehead atoms. The third kappa shape index (κ3) is 3.56. The maximum atomic E-state index is 12.4. The highest BCUT2D eigenvalue weighted by Crippen LogP contribution is 2.22. The van der Waals surface area contributed by atoms with Gasteiger partial charge in [-0.2, -0.15) is 0 Å². The lowest BCUT2D eigenvalue weighted by atomic mass is 9.98. The summed E-state index contributed by atoms with van der Waals surface area (Å²) in [5.41, 5.74) is 0.755. The van der Waals surface area contributed by atoms with Crippen LogP contribution < -0.4 is 0 Å². The van der Waals surface area contributed by atoms with E-state index >= 15 is 0 Å². The van der Waals surface area contributed by atoms with Crippen LogP contribution in [0.15, 0.2) is 10.6 Å². The fourth-order valence-electron chi connectivity index (χ4n) is 2.58. The van der Waals surface area contributed by atoms with E-state index in [4.69, 9.17) is 4.52 Å². The average molecular weight is 265 g/mol. The van der Waals surface area contributed by atoms with Crippen LogP contribution in [0.4, 0.5) is 0 Å². The van der Waals surface area contributed by atoms with Gasteiger partial charge in [-0.25, -0.2) is 0 Å². The van der Waals surface area contributed by atoms with E-state index in [9.17, 15) is 4.79 Å². The summed E-state index contributed by atoms with van der Waals surface area (Å²) in [6, 6.07) is 2.05. The molecule has 1 saturated heterocycles. The highest BCUT2D eigenvalue weighted by Gasteiger charge is 2.29. The van der Waals surface area contributed by atoms with Crippen LogP contribution in [-0.4, -0.2) is 54.1 Å². The average Bonchev–Trinajstić information content (AvgIpc) is 2.82. The highest BCUT2D eigenvalue weighted by atomic mass is 16.5. The number of piperidine rings is 1. The van der Waals surface area contributed by atoms with Crippen LogP contribution in [0.2, 0.25) is 0 Å². The van der Waals surface area contributed by atoms with Crippen molar-refractivity contribution in [2.75, 3.05) is 27.2 Å². The molecule has 0 aliphatic carbocycles. The zero-order valence-electron chi connectivity index (χ0n) is 12.1. The van der Waals surface area contributed by atoms with Crippen LogP contribution in [0.25, 0.3) is 0 Å². The largest absolute Gasteiger partial charge is 0.351 e. The summed E-state index contributed by atoms with van der Waals surface area (Å²) in [5.74, 6) is 0.360. The van der Waals surface area contributed by atoms with E-state index in [1.807, 2.05) is 11.8 Å². The smallest absolute Gasteiger partial charge is 0.292 e. The van der Waals surface area contributed by atoms with E-state index in [-0.39, 0.29) is 5.91 Å². The first-order chi connectivity index (χ1) is 9.08. The first-order valence-corrected chi connectivity index (χ1v) is 6.97. The van der Waals surface area contributed by atoms with E-state index in [0.717, 1.165) is 38.0 Å². The van der Waals surface area contributed by atoms with Crippen LogP contribution in [-0.2, 0) is 0 Å². The first-order valence-electron chi connectivity index (χ1n) is 6.97. The molecule has 5 nitrogen and oxygen atoms in total. The molecule has 0 spiro atoms. The van der Waals surface area contributed by atoms with Crippen molar-refractivity contribution in [3.8, 4) is 0 Å². The molecule has 0 unspecified atom stereocenters. The van der Waals surface area contributed by atoms with E-state index in [0.29, 0.717) is 11.8 Å². The molecular formula is C14H23N3O2. The van der Waals surface area contributed by atoms with E-state index in [2.05, 4.69) is 24.2 Å². The van der Waals surface area contributed by atoms with Gasteiger partial charge in [-0.05, 0) is 53.2 Å². The van der Waals surface area contributed by atoms with Gasteiger partial charge in [0.1, 0.15) is 0 Å². The number of aromatic nitrogens is 1. The SMILES string of the molecule is Cc1cc(C(=O)N2CCCC[C@H]2CCN(C)C)on1. The molecule has 19 heavy (non-hydrogen) atoms. The molecule has 1 amide bonds. The number of aryl methyl sites for hydroxylation is 1. The molecule has 1 aromatic heterocycles. The second-order valence-corrected chi connectivity index (χ2v) is 5.57. The summed E-state index contributed by atoms with van der Waals surface area (Å²) < 4.78 is 5.10. The zero-order chi connectivity index (χ0) is 13.8. The number of hydrogen-bond donors (Lipinski definition) is 0. The topological polar surface area (TPSA) is 49.6 Å². The normalized spacial score (nSPS) is 20.0. The van der Waals surface area contributed by atoms with Gasteiger partial charge >= 0.3 is 0 Å². The van der Waals surface area contributed by atoms with Crippen LogP contribution in [0.5, 0.6) is 0 Å². The van der Waals surface area contributed by atoms with Crippen molar-refractivity contribution < 1.29 is 9.32 Å². The van der Waals surface area contributed by atoms with E-state index in [1.165, 1.54) is 6.42 Å². The molecule has 1 fully saturated rings. The molecule has 0 radical (unpaired) electrons. The Hall–Kier alpha value is -1.36. The Bertz CT molecular complexity index is 428. The van der Waals surface area contributed by atoms with Gasteiger partial charge in [-0.3, -0.25) is 4.79 Å². The Kier molecular flexibility index (Phi) is 4.58. The minimum absolute atomic E-state index is 0.0101. The zero-order valence-corrected chi connectivity index (χ0v) is 12.1. The molecule has 5 heteroatoms. The van der Waals surface area contributed by atoms with Crippen molar-refractivity contribution in [1.29, 1.82) is 0 Å². The van der Waals surface area contributed by atoms with Crippen LogP contribution in [0, 0.1) is 6.92 Å². The Morgan fingerprint density at radius 2 is 2.32 bits per heavy atom. The fraction of sp³-hybridized carbons (Fsp3) is 0.714. The predicted octanol–water partition coefficient (Wildman–Crippen LogP) is 1.93. The lowest BCUT2D eigenvalue weighted by Crippen LogP contribution is -2.44. The number of amides is 1. The first kappa shape index (κ1) is 14.1. The number of likely N-dealkylation sites (tertiary alicyclic amines) is 1. The monoisotopic (exact) mass is 265 g/mol. The number of carbonyl (C=O) groups excluding carboxylic acids is 1. The van der Waals surface area contributed by atoms with Gasteiger partial charge in [0, 0.05) is 18.7 Å². The molecule has 1 atom stereocenters. The minimum Gasteiger partial charge on any atom is -0.351 e. The Balaban J connectivity index is 2.04. The number of nitrogens with zero attached hydrogens (tertiary/aromatic N) is 3. The third-order valence-corrected chi connectivity index (χ3v) is 3.64. The van der Waals surface area contributed by atoms with Crippen LogP contribution in [0.1, 0.15) is 41.9 Å². The number of carbonyl (C=O) groups is 1.